The summed E-state index contributed by atoms with van der Waals surface area (Å²) in [5.41, 5.74) is 5.47. The number of methoxy groups -OCH3 is 2. The van der Waals surface area contributed by atoms with Crippen LogP contribution < -0.4 is 9.47 Å². The quantitative estimate of drug-likeness (QED) is 0.431. The fourth-order valence-electron chi connectivity index (χ4n) is 4.35. The number of carbonyl (C=O) groups excluding carboxylic acids is 1. The fraction of sp³-hybridized carbons (Fsp3) is 0.185. The van der Waals surface area contributed by atoms with Crippen molar-refractivity contribution >= 4 is 16.8 Å². The van der Waals surface area contributed by atoms with Gasteiger partial charge in [-0.05, 0) is 41.5 Å². The van der Waals surface area contributed by atoms with Crippen molar-refractivity contribution in [2.75, 3.05) is 20.8 Å². The maximum absolute atomic E-state index is 13.4. The van der Waals surface area contributed by atoms with E-state index >= 15 is 0 Å². The van der Waals surface area contributed by atoms with Crippen molar-refractivity contribution < 1.29 is 14.3 Å². The summed E-state index contributed by atoms with van der Waals surface area (Å²) >= 11 is 0. The zero-order chi connectivity index (χ0) is 22.1. The average molecular weight is 425 g/mol. The molecule has 2 heterocycles. The normalized spacial score (nSPS) is 12.8. The molecule has 0 bridgehead atoms. The first kappa shape index (κ1) is 20.1. The van der Waals surface area contributed by atoms with Crippen molar-refractivity contribution in [3.63, 3.8) is 0 Å². The van der Waals surface area contributed by atoms with E-state index in [4.69, 9.17) is 14.5 Å². The van der Waals surface area contributed by atoms with Crippen molar-refractivity contribution in [1.29, 1.82) is 0 Å². The van der Waals surface area contributed by atoms with Crippen LogP contribution in [0, 0.1) is 0 Å². The molecule has 0 saturated heterocycles. The van der Waals surface area contributed by atoms with Crippen molar-refractivity contribution in [2.24, 2.45) is 0 Å². The number of para-hydroxylation sites is 1. The second-order valence-corrected chi connectivity index (χ2v) is 7.88. The van der Waals surface area contributed by atoms with E-state index in [0.717, 1.165) is 44.6 Å². The number of hydrogen-bond acceptors (Lipinski definition) is 4. The number of hydrogen-bond donors (Lipinski definition) is 0. The monoisotopic (exact) mass is 424 g/mol. The third-order valence-corrected chi connectivity index (χ3v) is 6.00. The van der Waals surface area contributed by atoms with E-state index in [1.165, 1.54) is 0 Å². The van der Waals surface area contributed by atoms with Gasteiger partial charge in [-0.1, -0.05) is 42.5 Å². The van der Waals surface area contributed by atoms with Gasteiger partial charge in [-0.15, -0.1) is 0 Å². The lowest BCUT2D eigenvalue weighted by atomic mass is 9.96. The second kappa shape index (κ2) is 8.35. The average Bonchev–Trinajstić information content (AvgIpc) is 3.17. The number of carbonyl (C=O) groups is 1. The van der Waals surface area contributed by atoms with Crippen LogP contribution in [0.3, 0.4) is 0 Å². The van der Waals surface area contributed by atoms with Crippen LogP contribution in [0.5, 0.6) is 11.5 Å². The van der Waals surface area contributed by atoms with Gasteiger partial charge >= 0.3 is 0 Å². The van der Waals surface area contributed by atoms with Crippen LogP contribution in [-0.4, -0.2) is 36.6 Å². The minimum Gasteiger partial charge on any atom is -0.497 e. The Morgan fingerprint density at radius 1 is 0.906 bits per heavy atom. The molecule has 5 heteroatoms. The molecular formula is C27H24N2O3. The first-order valence-electron chi connectivity index (χ1n) is 10.7. The van der Waals surface area contributed by atoms with Crippen LogP contribution in [0.4, 0.5) is 0 Å². The molecule has 160 valence electrons. The van der Waals surface area contributed by atoms with Gasteiger partial charge in [-0.2, -0.15) is 0 Å². The van der Waals surface area contributed by atoms with Gasteiger partial charge < -0.3 is 14.4 Å². The number of benzene rings is 3. The highest BCUT2D eigenvalue weighted by Crippen LogP contribution is 2.39. The van der Waals surface area contributed by atoms with E-state index in [0.29, 0.717) is 25.3 Å². The minimum absolute atomic E-state index is 0.0428. The van der Waals surface area contributed by atoms with Crippen LogP contribution in [0.1, 0.15) is 21.6 Å². The summed E-state index contributed by atoms with van der Waals surface area (Å²) in [4.78, 5) is 20.1. The van der Waals surface area contributed by atoms with E-state index in [9.17, 15) is 4.79 Å². The number of fused-ring (bicyclic) bond motifs is 2. The van der Waals surface area contributed by atoms with E-state index in [1.807, 2.05) is 65.6 Å². The highest BCUT2D eigenvalue weighted by atomic mass is 16.5. The molecule has 1 aliphatic rings. The molecule has 0 atom stereocenters. The van der Waals surface area contributed by atoms with Gasteiger partial charge in [0.15, 0.2) is 0 Å². The Hall–Kier alpha value is -3.86. The van der Waals surface area contributed by atoms with Gasteiger partial charge in [0.1, 0.15) is 11.5 Å². The van der Waals surface area contributed by atoms with Crippen molar-refractivity contribution in [3.05, 3.63) is 89.6 Å². The predicted octanol–water partition coefficient (Wildman–Crippen LogP) is 5.12. The van der Waals surface area contributed by atoms with Gasteiger partial charge in [0.2, 0.25) is 0 Å². The summed E-state index contributed by atoms with van der Waals surface area (Å²) in [5, 5.41) is 1.12. The van der Waals surface area contributed by atoms with E-state index in [-0.39, 0.29) is 5.91 Å². The summed E-state index contributed by atoms with van der Waals surface area (Å²) in [6, 6.07) is 23.9. The minimum atomic E-state index is 0.0428. The second-order valence-electron chi connectivity index (χ2n) is 7.88. The van der Waals surface area contributed by atoms with Gasteiger partial charge in [0.05, 0.1) is 25.3 Å². The molecule has 5 nitrogen and oxygen atoms in total. The molecule has 0 spiro atoms. The Morgan fingerprint density at radius 2 is 1.78 bits per heavy atom. The van der Waals surface area contributed by atoms with E-state index in [2.05, 4.69) is 12.1 Å². The molecule has 1 amide bonds. The molecule has 32 heavy (non-hydrogen) atoms. The largest absolute Gasteiger partial charge is 0.497 e. The van der Waals surface area contributed by atoms with Crippen molar-refractivity contribution in [1.82, 2.24) is 9.88 Å². The van der Waals surface area contributed by atoms with Crippen molar-refractivity contribution in [2.45, 2.75) is 13.0 Å². The lowest BCUT2D eigenvalue weighted by Crippen LogP contribution is -2.26. The molecule has 0 unspecified atom stereocenters. The highest BCUT2D eigenvalue weighted by Gasteiger charge is 2.30. The number of aromatic nitrogens is 1. The molecule has 1 aliphatic heterocycles. The number of ether oxygens (including phenoxy) is 2. The van der Waals surface area contributed by atoms with Gasteiger partial charge in [-0.25, -0.2) is 0 Å². The Morgan fingerprint density at radius 3 is 2.62 bits per heavy atom. The van der Waals surface area contributed by atoms with Crippen LogP contribution in [-0.2, 0) is 13.0 Å². The molecule has 1 aromatic heterocycles. The molecule has 3 aromatic carbocycles. The van der Waals surface area contributed by atoms with Gasteiger partial charge in [0.25, 0.3) is 5.91 Å². The van der Waals surface area contributed by atoms with Gasteiger partial charge in [-0.3, -0.25) is 9.78 Å². The lowest BCUT2D eigenvalue weighted by Gasteiger charge is -2.16. The molecule has 0 radical (unpaired) electrons. The first-order valence-corrected chi connectivity index (χ1v) is 10.7. The first-order chi connectivity index (χ1) is 15.7. The standard InChI is InChI=1S/C27H24N2O3/c1-31-21-12-13-25(32-2)23(16-21)22-8-5-7-19-17-29(27(30)26(19)22)15-14-20-11-10-18-6-3-4-9-24(18)28-20/h3-13,16H,14-15,17H2,1-2H3. The molecular weight excluding hydrogens is 400 g/mol. The summed E-state index contributed by atoms with van der Waals surface area (Å²) in [6.07, 6.45) is 0.711. The highest BCUT2D eigenvalue weighted by molar-refractivity contribution is 6.05. The van der Waals surface area contributed by atoms with Crippen LogP contribution >= 0.6 is 0 Å². The number of amides is 1. The summed E-state index contributed by atoms with van der Waals surface area (Å²) in [5.74, 6) is 1.48. The zero-order valence-corrected chi connectivity index (χ0v) is 18.2. The maximum Gasteiger partial charge on any atom is 0.255 e. The van der Waals surface area contributed by atoms with Crippen LogP contribution in [0.25, 0.3) is 22.0 Å². The Kier molecular flexibility index (Phi) is 5.23. The third-order valence-electron chi connectivity index (χ3n) is 6.00. The Balaban J connectivity index is 1.42. The summed E-state index contributed by atoms with van der Waals surface area (Å²) in [6.45, 7) is 1.22. The van der Waals surface area contributed by atoms with Gasteiger partial charge in [0, 0.05) is 36.2 Å². The Labute approximate surface area is 187 Å². The molecule has 0 saturated carbocycles. The van der Waals surface area contributed by atoms with Crippen molar-refractivity contribution in [3.8, 4) is 22.6 Å². The molecule has 0 N–H and O–H groups in total. The molecule has 0 fully saturated rings. The molecule has 4 aromatic rings. The predicted molar refractivity (Wildman–Crippen MR) is 125 cm³/mol. The smallest absolute Gasteiger partial charge is 0.255 e. The molecule has 0 aliphatic carbocycles. The summed E-state index contributed by atoms with van der Waals surface area (Å²) in [7, 11) is 3.27. The lowest BCUT2D eigenvalue weighted by molar-refractivity contribution is 0.0780. The SMILES string of the molecule is COc1ccc(OC)c(-c2cccc3c2C(=O)N(CCc2ccc4ccccc4n2)C3)c1. The number of pyridine rings is 1. The topological polar surface area (TPSA) is 51.7 Å². The van der Waals surface area contributed by atoms with E-state index in [1.54, 1.807) is 14.2 Å². The number of rotatable bonds is 6. The molecule has 5 rings (SSSR count). The fourth-order valence-corrected chi connectivity index (χ4v) is 4.35. The van der Waals surface area contributed by atoms with E-state index < -0.39 is 0 Å². The van der Waals surface area contributed by atoms with Crippen LogP contribution in [0.15, 0.2) is 72.8 Å². The maximum atomic E-state index is 13.4. The van der Waals surface area contributed by atoms with Crippen LogP contribution in [0.2, 0.25) is 0 Å². The third kappa shape index (κ3) is 3.56. The zero-order valence-electron chi connectivity index (χ0n) is 18.2. The number of nitrogens with zero attached hydrogens (tertiary/aromatic N) is 2. The summed E-state index contributed by atoms with van der Waals surface area (Å²) < 4.78 is 11.0. The Bertz CT molecular complexity index is 1320.